The smallest absolute Gasteiger partial charge is 0.259 e. The molecule has 2 heterocycles. The first-order chi connectivity index (χ1) is 14.9. The van der Waals surface area contributed by atoms with Crippen LogP contribution in [0.5, 0.6) is 0 Å². The number of nitrogens with one attached hydrogen (secondary N) is 1. The van der Waals surface area contributed by atoms with Gasteiger partial charge < -0.3 is 14.4 Å². The SMILES string of the molecule is Cc1cccc(-c2noc(-c3ccc(=O)n(CC(=O)Nc4cc(Cl)ccc4C)c3)n2)c1. The number of hydrogen-bond acceptors (Lipinski definition) is 5. The van der Waals surface area contributed by atoms with Gasteiger partial charge in [-0.1, -0.05) is 46.6 Å². The lowest BCUT2D eigenvalue weighted by molar-refractivity contribution is -0.116. The highest BCUT2D eigenvalue weighted by atomic mass is 35.5. The van der Waals surface area contributed by atoms with Crippen LogP contribution in [-0.4, -0.2) is 20.6 Å². The van der Waals surface area contributed by atoms with Crippen LogP contribution in [0.2, 0.25) is 5.02 Å². The predicted octanol–water partition coefficient (Wildman–Crippen LogP) is 4.47. The van der Waals surface area contributed by atoms with Crippen molar-refractivity contribution in [1.29, 1.82) is 0 Å². The van der Waals surface area contributed by atoms with Gasteiger partial charge in [-0.05, 0) is 43.7 Å². The zero-order chi connectivity index (χ0) is 22.0. The molecule has 2 aromatic carbocycles. The van der Waals surface area contributed by atoms with Gasteiger partial charge in [-0.15, -0.1) is 0 Å². The van der Waals surface area contributed by atoms with E-state index in [0.717, 1.165) is 16.7 Å². The lowest BCUT2D eigenvalue weighted by Gasteiger charge is -2.10. The van der Waals surface area contributed by atoms with Crippen molar-refractivity contribution in [2.45, 2.75) is 20.4 Å². The molecule has 0 saturated heterocycles. The van der Waals surface area contributed by atoms with Crippen molar-refractivity contribution in [2.75, 3.05) is 5.32 Å². The minimum absolute atomic E-state index is 0.169. The van der Waals surface area contributed by atoms with Gasteiger partial charge in [0.15, 0.2) is 0 Å². The first-order valence-electron chi connectivity index (χ1n) is 9.57. The lowest BCUT2D eigenvalue weighted by atomic mass is 10.1. The number of halogens is 1. The van der Waals surface area contributed by atoms with Crippen LogP contribution in [-0.2, 0) is 11.3 Å². The van der Waals surface area contributed by atoms with Crippen LogP contribution in [0.25, 0.3) is 22.8 Å². The highest BCUT2D eigenvalue weighted by Gasteiger charge is 2.13. The van der Waals surface area contributed by atoms with Crippen LogP contribution in [0.15, 0.2) is 70.1 Å². The number of carbonyl (C=O) groups excluding carboxylic acids is 1. The third-order valence-electron chi connectivity index (χ3n) is 4.72. The van der Waals surface area contributed by atoms with Crippen LogP contribution in [0, 0.1) is 13.8 Å². The Hall–Kier alpha value is -3.71. The Morgan fingerprint density at radius 1 is 1.10 bits per heavy atom. The molecule has 0 radical (unpaired) electrons. The van der Waals surface area contributed by atoms with Gasteiger partial charge in [-0.2, -0.15) is 4.98 Å². The molecule has 0 unspecified atom stereocenters. The minimum atomic E-state index is -0.351. The van der Waals surface area contributed by atoms with E-state index >= 15 is 0 Å². The Morgan fingerprint density at radius 3 is 2.74 bits per heavy atom. The standard InChI is InChI=1S/C23H19ClN4O3/c1-14-4-3-5-16(10-14)22-26-23(31-27-22)17-7-9-21(30)28(12-17)13-20(29)25-19-11-18(24)8-6-15(19)2/h3-12H,13H2,1-2H3,(H,25,29). The van der Waals surface area contributed by atoms with Gasteiger partial charge in [0.25, 0.3) is 11.4 Å². The topological polar surface area (TPSA) is 90.0 Å². The van der Waals surface area contributed by atoms with E-state index in [-0.39, 0.29) is 23.9 Å². The van der Waals surface area contributed by atoms with Crippen molar-refractivity contribution in [3.05, 3.63) is 87.3 Å². The number of aromatic nitrogens is 3. The Balaban J connectivity index is 1.56. The summed E-state index contributed by atoms with van der Waals surface area (Å²) in [5.41, 5.74) is 3.60. The molecule has 156 valence electrons. The summed E-state index contributed by atoms with van der Waals surface area (Å²) in [7, 11) is 0. The summed E-state index contributed by atoms with van der Waals surface area (Å²) in [5, 5.41) is 7.32. The van der Waals surface area contributed by atoms with Gasteiger partial charge in [0, 0.05) is 28.5 Å². The van der Waals surface area contributed by atoms with E-state index in [1.54, 1.807) is 18.2 Å². The molecule has 0 atom stereocenters. The Labute approximate surface area is 183 Å². The predicted molar refractivity (Wildman–Crippen MR) is 119 cm³/mol. The largest absolute Gasteiger partial charge is 0.334 e. The maximum absolute atomic E-state index is 12.5. The van der Waals surface area contributed by atoms with Crippen molar-refractivity contribution >= 4 is 23.2 Å². The molecule has 0 aliphatic rings. The molecule has 0 saturated carbocycles. The Kier molecular flexibility index (Phi) is 5.68. The van der Waals surface area contributed by atoms with Crippen LogP contribution >= 0.6 is 11.6 Å². The zero-order valence-electron chi connectivity index (χ0n) is 16.9. The highest BCUT2D eigenvalue weighted by Crippen LogP contribution is 2.23. The highest BCUT2D eigenvalue weighted by molar-refractivity contribution is 6.31. The van der Waals surface area contributed by atoms with Crippen molar-refractivity contribution in [3.63, 3.8) is 0 Å². The molecule has 0 spiro atoms. The molecular weight excluding hydrogens is 416 g/mol. The van der Waals surface area contributed by atoms with Crippen LogP contribution in [0.1, 0.15) is 11.1 Å². The number of amides is 1. The molecule has 4 rings (SSSR count). The quantitative estimate of drug-likeness (QED) is 0.500. The summed E-state index contributed by atoms with van der Waals surface area (Å²) in [4.78, 5) is 29.2. The Morgan fingerprint density at radius 2 is 1.94 bits per heavy atom. The number of nitrogens with zero attached hydrogens (tertiary/aromatic N) is 3. The molecular formula is C23H19ClN4O3. The van der Waals surface area contributed by atoms with E-state index in [2.05, 4.69) is 15.5 Å². The number of rotatable bonds is 5. The molecule has 8 heteroatoms. The maximum Gasteiger partial charge on any atom is 0.259 e. The third kappa shape index (κ3) is 4.73. The summed E-state index contributed by atoms with van der Waals surface area (Å²) in [6.07, 6.45) is 1.53. The molecule has 2 aromatic heterocycles. The number of aryl methyl sites for hydroxylation is 2. The van der Waals surface area contributed by atoms with Crippen molar-refractivity contribution in [3.8, 4) is 22.8 Å². The van der Waals surface area contributed by atoms with E-state index in [0.29, 0.717) is 22.1 Å². The molecule has 4 aromatic rings. The normalized spacial score (nSPS) is 10.8. The summed E-state index contributed by atoms with van der Waals surface area (Å²) >= 11 is 6.00. The van der Waals surface area contributed by atoms with E-state index in [4.69, 9.17) is 16.1 Å². The van der Waals surface area contributed by atoms with E-state index < -0.39 is 0 Å². The molecule has 0 aliphatic heterocycles. The molecule has 0 aliphatic carbocycles. The fraction of sp³-hybridized carbons (Fsp3) is 0.130. The molecule has 0 bridgehead atoms. The average molecular weight is 435 g/mol. The van der Waals surface area contributed by atoms with E-state index in [1.165, 1.54) is 16.8 Å². The van der Waals surface area contributed by atoms with Gasteiger partial charge >= 0.3 is 0 Å². The molecule has 1 N–H and O–H groups in total. The van der Waals surface area contributed by atoms with Crippen LogP contribution < -0.4 is 10.9 Å². The molecule has 7 nitrogen and oxygen atoms in total. The van der Waals surface area contributed by atoms with Crippen molar-refractivity contribution in [1.82, 2.24) is 14.7 Å². The van der Waals surface area contributed by atoms with E-state index in [1.807, 2.05) is 44.2 Å². The summed E-state index contributed by atoms with van der Waals surface area (Å²) in [6, 6.07) is 15.9. The number of benzene rings is 2. The van der Waals surface area contributed by atoms with Crippen LogP contribution in [0.3, 0.4) is 0 Å². The molecule has 0 fully saturated rings. The molecule has 31 heavy (non-hydrogen) atoms. The van der Waals surface area contributed by atoms with Crippen LogP contribution in [0.4, 0.5) is 5.69 Å². The van der Waals surface area contributed by atoms with Gasteiger partial charge in [-0.3, -0.25) is 9.59 Å². The second-order valence-electron chi connectivity index (χ2n) is 7.18. The van der Waals surface area contributed by atoms with Crippen molar-refractivity contribution < 1.29 is 9.32 Å². The fourth-order valence-electron chi connectivity index (χ4n) is 3.10. The number of pyridine rings is 1. The van der Waals surface area contributed by atoms with Gasteiger partial charge in [0.1, 0.15) is 6.54 Å². The number of carbonyl (C=O) groups is 1. The molecule has 1 amide bonds. The van der Waals surface area contributed by atoms with Gasteiger partial charge in [0.2, 0.25) is 11.7 Å². The van der Waals surface area contributed by atoms with Gasteiger partial charge in [0.05, 0.1) is 5.56 Å². The minimum Gasteiger partial charge on any atom is -0.334 e. The first kappa shape index (κ1) is 20.6. The second kappa shape index (κ2) is 8.57. The monoisotopic (exact) mass is 434 g/mol. The maximum atomic E-state index is 12.5. The average Bonchev–Trinajstić information content (AvgIpc) is 3.23. The fourth-order valence-corrected chi connectivity index (χ4v) is 3.27. The third-order valence-corrected chi connectivity index (χ3v) is 4.96. The summed E-state index contributed by atoms with van der Waals surface area (Å²) in [5.74, 6) is 0.359. The first-order valence-corrected chi connectivity index (χ1v) is 9.94. The summed E-state index contributed by atoms with van der Waals surface area (Å²) < 4.78 is 6.67. The van der Waals surface area contributed by atoms with Crippen molar-refractivity contribution in [2.24, 2.45) is 0 Å². The Bertz CT molecular complexity index is 1330. The second-order valence-corrected chi connectivity index (χ2v) is 7.62. The lowest BCUT2D eigenvalue weighted by Crippen LogP contribution is -2.27. The zero-order valence-corrected chi connectivity index (χ0v) is 17.7. The number of hydrogen-bond donors (Lipinski definition) is 1. The number of anilines is 1. The van der Waals surface area contributed by atoms with Gasteiger partial charge in [-0.25, -0.2) is 0 Å². The van der Waals surface area contributed by atoms with E-state index in [9.17, 15) is 9.59 Å². The summed E-state index contributed by atoms with van der Waals surface area (Å²) in [6.45, 7) is 3.67.